The second-order valence-corrected chi connectivity index (χ2v) is 7.75. The lowest BCUT2D eigenvalue weighted by molar-refractivity contribution is 0.0929. The van der Waals surface area contributed by atoms with Gasteiger partial charge in [-0.15, -0.1) is 0 Å². The van der Waals surface area contributed by atoms with Crippen LogP contribution in [0.2, 0.25) is 0 Å². The largest absolute Gasteiger partial charge is 0.349 e. The molecule has 2 aromatic heterocycles. The van der Waals surface area contributed by atoms with E-state index in [0.717, 1.165) is 42.3 Å². The highest BCUT2D eigenvalue weighted by atomic mass is 16.5. The van der Waals surface area contributed by atoms with Crippen LogP contribution in [0.25, 0.3) is 22.4 Å². The van der Waals surface area contributed by atoms with Gasteiger partial charge in [0, 0.05) is 23.2 Å². The summed E-state index contributed by atoms with van der Waals surface area (Å²) in [7, 11) is 0. The lowest BCUT2D eigenvalue weighted by Gasteiger charge is -2.23. The van der Waals surface area contributed by atoms with E-state index in [0.29, 0.717) is 22.9 Å². The summed E-state index contributed by atoms with van der Waals surface area (Å²) in [5.41, 5.74) is 3.69. The van der Waals surface area contributed by atoms with Crippen LogP contribution in [0.1, 0.15) is 66.9 Å². The molecule has 1 N–H and O–H groups in total. The predicted octanol–water partition coefficient (Wildman–Crippen LogP) is 4.83. The van der Waals surface area contributed by atoms with Gasteiger partial charge in [-0.1, -0.05) is 54.8 Å². The Bertz CT molecular complexity index is 970. The van der Waals surface area contributed by atoms with Gasteiger partial charge in [0.05, 0.1) is 10.9 Å². The number of nitrogens with one attached hydrogen (secondary N) is 1. The van der Waals surface area contributed by atoms with E-state index in [1.165, 1.54) is 19.3 Å². The minimum absolute atomic E-state index is 0.0309. The smallest absolute Gasteiger partial charge is 0.259 e. The topological polar surface area (TPSA) is 68.0 Å². The Labute approximate surface area is 158 Å². The molecule has 0 bridgehead atoms. The van der Waals surface area contributed by atoms with E-state index in [4.69, 9.17) is 4.52 Å². The number of hydrogen-bond donors (Lipinski definition) is 1. The van der Waals surface area contributed by atoms with E-state index >= 15 is 0 Å². The number of pyridine rings is 1. The van der Waals surface area contributed by atoms with E-state index in [-0.39, 0.29) is 11.9 Å². The Morgan fingerprint density at radius 1 is 1.04 bits per heavy atom. The lowest BCUT2D eigenvalue weighted by Crippen LogP contribution is -2.36. The Hall–Kier alpha value is -2.69. The third kappa shape index (κ3) is 3.22. The van der Waals surface area contributed by atoms with Gasteiger partial charge in [-0.2, -0.15) is 0 Å². The van der Waals surface area contributed by atoms with Crippen molar-refractivity contribution < 1.29 is 9.32 Å². The quantitative estimate of drug-likeness (QED) is 0.723. The van der Waals surface area contributed by atoms with Crippen LogP contribution in [0, 0.1) is 0 Å². The maximum absolute atomic E-state index is 13.2. The molecule has 1 amide bonds. The summed E-state index contributed by atoms with van der Waals surface area (Å²) >= 11 is 0. The molecule has 2 aliphatic rings. The van der Waals surface area contributed by atoms with Crippen LogP contribution in [0.3, 0.4) is 0 Å². The molecule has 0 unspecified atom stereocenters. The molecule has 2 aliphatic carbocycles. The molecular weight excluding hydrogens is 338 g/mol. The molecule has 2 saturated carbocycles. The Balaban J connectivity index is 1.59. The fourth-order valence-electron chi connectivity index (χ4n) is 4.04. The fraction of sp³-hybridized carbons (Fsp3) is 0.409. The lowest BCUT2D eigenvalue weighted by atomic mass is 9.95. The number of fused-ring (bicyclic) bond motifs is 1. The molecule has 5 nitrogen and oxygen atoms in total. The summed E-state index contributed by atoms with van der Waals surface area (Å²) < 4.78 is 5.56. The normalized spacial score (nSPS) is 17.9. The Kier molecular flexibility index (Phi) is 4.15. The molecule has 0 atom stereocenters. The summed E-state index contributed by atoms with van der Waals surface area (Å²) in [6.07, 6.45) is 8.01. The highest BCUT2D eigenvalue weighted by molar-refractivity contribution is 6.09. The predicted molar refractivity (Wildman–Crippen MR) is 104 cm³/mol. The number of rotatable bonds is 4. The van der Waals surface area contributed by atoms with Crippen molar-refractivity contribution in [2.45, 2.75) is 56.9 Å². The van der Waals surface area contributed by atoms with Crippen LogP contribution in [0.4, 0.5) is 0 Å². The minimum atomic E-state index is -0.0309. The monoisotopic (exact) mass is 361 g/mol. The van der Waals surface area contributed by atoms with E-state index in [2.05, 4.69) is 15.5 Å². The number of carbonyl (C=O) groups is 1. The number of carbonyl (C=O) groups excluding carboxylic acids is 1. The molecule has 5 rings (SSSR count). The second kappa shape index (κ2) is 6.80. The molecule has 3 aromatic rings. The van der Waals surface area contributed by atoms with Crippen LogP contribution in [-0.4, -0.2) is 22.1 Å². The Morgan fingerprint density at radius 3 is 2.56 bits per heavy atom. The molecule has 0 aliphatic heterocycles. The summed E-state index contributed by atoms with van der Waals surface area (Å²) in [6, 6.07) is 12.1. The van der Waals surface area contributed by atoms with Gasteiger partial charge in [0.25, 0.3) is 11.6 Å². The van der Waals surface area contributed by atoms with Crippen LogP contribution < -0.4 is 5.32 Å². The number of nitrogens with zero attached hydrogens (tertiary/aromatic N) is 2. The van der Waals surface area contributed by atoms with Gasteiger partial charge < -0.3 is 9.84 Å². The molecule has 138 valence electrons. The third-order valence-corrected chi connectivity index (χ3v) is 5.69. The minimum Gasteiger partial charge on any atom is -0.349 e. The van der Waals surface area contributed by atoms with Gasteiger partial charge in [-0.3, -0.25) is 4.79 Å². The molecule has 2 fully saturated rings. The molecule has 2 heterocycles. The van der Waals surface area contributed by atoms with Gasteiger partial charge in [-0.05, 0) is 31.7 Å². The second-order valence-electron chi connectivity index (χ2n) is 7.75. The SMILES string of the molecule is O=C(NC1CCCCC1)c1cc(C2CC2)nc2onc(-c3ccccc3)c12. The molecule has 0 saturated heterocycles. The summed E-state index contributed by atoms with van der Waals surface area (Å²) in [5.74, 6) is 0.414. The van der Waals surface area contributed by atoms with E-state index in [1.807, 2.05) is 36.4 Å². The van der Waals surface area contributed by atoms with Crippen molar-refractivity contribution in [2.75, 3.05) is 0 Å². The van der Waals surface area contributed by atoms with Crippen molar-refractivity contribution >= 4 is 17.0 Å². The number of benzene rings is 1. The summed E-state index contributed by atoms with van der Waals surface area (Å²) in [5, 5.41) is 8.23. The third-order valence-electron chi connectivity index (χ3n) is 5.69. The zero-order chi connectivity index (χ0) is 18.2. The first-order valence-corrected chi connectivity index (χ1v) is 9.96. The number of hydrogen-bond acceptors (Lipinski definition) is 4. The molecule has 0 spiro atoms. The Morgan fingerprint density at radius 2 is 1.81 bits per heavy atom. The summed E-state index contributed by atoms with van der Waals surface area (Å²) in [6.45, 7) is 0. The molecule has 27 heavy (non-hydrogen) atoms. The van der Waals surface area contributed by atoms with Crippen molar-refractivity contribution in [1.82, 2.24) is 15.5 Å². The van der Waals surface area contributed by atoms with E-state index in [9.17, 15) is 4.79 Å². The molecule has 0 radical (unpaired) electrons. The van der Waals surface area contributed by atoms with Crippen LogP contribution >= 0.6 is 0 Å². The van der Waals surface area contributed by atoms with Crippen molar-refractivity contribution in [3.8, 4) is 11.3 Å². The van der Waals surface area contributed by atoms with Crippen LogP contribution in [0.5, 0.6) is 0 Å². The molecule has 1 aromatic carbocycles. The van der Waals surface area contributed by atoms with Crippen molar-refractivity contribution in [3.05, 3.63) is 47.7 Å². The van der Waals surface area contributed by atoms with Crippen molar-refractivity contribution in [2.24, 2.45) is 0 Å². The first kappa shape index (κ1) is 16.5. The van der Waals surface area contributed by atoms with Gasteiger partial charge in [-0.25, -0.2) is 4.98 Å². The van der Waals surface area contributed by atoms with Crippen molar-refractivity contribution in [1.29, 1.82) is 0 Å². The first-order chi connectivity index (χ1) is 13.3. The van der Waals surface area contributed by atoms with Gasteiger partial charge in [0.15, 0.2) is 0 Å². The fourth-order valence-corrected chi connectivity index (χ4v) is 4.04. The molecule has 5 heteroatoms. The van der Waals surface area contributed by atoms with E-state index in [1.54, 1.807) is 0 Å². The maximum Gasteiger partial charge on any atom is 0.259 e. The zero-order valence-electron chi connectivity index (χ0n) is 15.3. The van der Waals surface area contributed by atoms with Gasteiger partial charge in [0.2, 0.25) is 0 Å². The van der Waals surface area contributed by atoms with Crippen LogP contribution in [-0.2, 0) is 0 Å². The van der Waals surface area contributed by atoms with Gasteiger partial charge in [0.1, 0.15) is 5.69 Å². The average Bonchev–Trinajstić information content (AvgIpc) is 3.48. The van der Waals surface area contributed by atoms with Crippen LogP contribution in [0.15, 0.2) is 40.9 Å². The van der Waals surface area contributed by atoms with E-state index < -0.39 is 0 Å². The molecular formula is C22H23N3O2. The standard InChI is InChI=1S/C22H23N3O2/c26-21(23-16-9-5-2-6-10-16)17-13-18(14-11-12-14)24-22-19(17)20(25-27-22)15-7-3-1-4-8-15/h1,3-4,7-8,13-14,16H,2,5-6,9-12H2,(H,23,26). The maximum atomic E-state index is 13.2. The number of amides is 1. The highest BCUT2D eigenvalue weighted by Crippen LogP contribution is 2.41. The highest BCUT2D eigenvalue weighted by Gasteiger charge is 2.30. The zero-order valence-corrected chi connectivity index (χ0v) is 15.3. The average molecular weight is 361 g/mol. The first-order valence-electron chi connectivity index (χ1n) is 9.96. The van der Waals surface area contributed by atoms with Crippen molar-refractivity contribution in [3.63, 3.8) is 0 Å². The van der Waals surface area contributed by atoms with Gasteiger partial charge >= 0.3 is 0 Å². The summed E-state index contributed by atoms with van der Waals surface area (Å²) in [4.78, 5) is 17.9. The number of aromatic nitrogens is 2.